The lowest BCUT2D eigenvalue weighted by Gasteiger charge is -2.16. The highest BCUT2D eigenvalue weighted by atomic mass is 32.2. The maximum atomic E-state index is 12.2. The van der Waals surface area contributed by atoms with Gasteiger partial charge in [0.15, 0.2) is 0 Å². The van der Waals surface area contributed by atoms with Gasteiger partial charge in [0.2, 0.25) is 10.0 Å². The van der Waals surface area contributed by atoms with E-state index >= 15 is 0 Å². The number of hydrogen-bond donors (Lipinski definition) is 1. The van der Waals surface area contributed by atoms with Gasteiger partial charge < -0.3 is 10.1 Å². The highest BCUT2D eigenvalue weighted by molar-refractivity contribution is 7.92. The standard InChI is InChI=1S/C15H20N2O4S/c1-22(19,20)17-6-4-12-8-13(2-3-14(12)17)15(18)16-9-11-5-7-21-10-11/h2-3,8,11H,4-7,9-10H2,1H3,(H,16,18). The fourth-order valence-corrected chi connectivity index (χ4v) is 3.90. The number of hydrogen-bond acceptors (Lipinski definition) is 4. The molecule has 2 aliphatic rings. The summed E-state index contributed by atoms with van der Waals surface area (Å²) in [5.41, 5.74) is 2.17. The lowest BCUT2D eigenvalue weighted by atomic mass is 10.1. The summed E-state index contributed by atoms with van der Waals surface area (Å²) in [6, 6.07) is 5.20. The number of carbonyl (C=O) groups is 1. The largest absolute Gasteiger partial charge is 0.381 e. The third-order valence-electron chi connectivity index (χ3n) is 4.17. The van der Waals surface area contributed by atoms with Gasteiger partial charge in [-0.15, -0.1) is 0 Å². The summed E-state index contributed by atoms with van der Waals surface area (Å²) in [4.78, 5) is 12.2. The Bertz CT molecular complexity index is 681. The molecule has 0 spiro atoms. The van der Waals surface area contributed by atoms with E-state index in [0.29, 0.717) is 43.3 Å². The summed E-state index contributed by atoms with van der Waals surface area (Å²) in [5.74, 6) is 0.270. The summed E-state index contributed by atoms with van der Waals surface area (Å²) in [6.45, 7) is 2.53. The van der Waals surface area contributed by atoms with E-state index in [1.54, 1.807) is 18.2 Å². The summed E-state index contributed by atoms with van der Waals surface area (Å²) >= 11 is 0. The Kier molecular flexibility index (Phi) is 4.10. The summed E-state index contributed by atoms with van der Waals surface area (Å²) < 4.78 is 30.1. The monoisotopic (exact) mass is 324 g/mol. The molecule has 3 rings (SSSR count). The van der Waals surface area contributed by atoms with Crippen molar-refractivity contribution >= 4 is 21.6 Å². The van der Waals surface area contributed by atoms with Crippen molar-refractivity contribution in [3.8, 4) is 0 Å². The smallest absolute Gasteiger partial charge is 0.251 e. The molecule has 1 aromatic rings. The fourth-order valence-electron chi connectivity index (χ4n) is 2.94. The Morgan fingerprint density at radius 1 is 1.45 bits per heavy atom. The predicted molar refractivity (Wildman–Crippen MR) is 83.6 cm³/mol. The van der Waals surface area contributed by atoms with Gasteiger partial charge in [0.25, 0.3) is 5.91 Å². The van der Waals surface area contributed by atoms with Crippen molar-refractivity contribution in [1.29, 1.82) is 0 Å². The molecule has 1 N–H and O–H groups in total. The molecule has 1 amide bonds. The average molecular weight is 324 g/mol. The number of rotatable bonds is 4. The Hall–Kier alpha value is -1.60. The van der Waals surface area contributed by atoms with Crippen LogP contribution in [-0.4, -0.2) is 46.9 Å². The summed E-state index contributed by atoms with van der Waals surface area (Å²) in [6.07, 6.45) is 2.82. The Balaban J connectivity index is 1.70. The van der Waals surface area contributed by atoms with Crippen LogP contribution in [0.3, 0.4) is 0 Å². The van der Waals surface area contributed by atoms with Crippen molar-refractivity contribution < 1.29 is 17.9 Å². The van der Waals surface area contributed by atoms with Crippen LogP contribution in [0.5, 0.6) is 0 Å². The van der Waals surface area contributed by atoms with Crippen LogP contribution in [0, 0.1) is 5.92 Å². The topological polar surface area (TPSA) is 75.7 Å². The number of ether oxygens (including phenoxy) is 1. The molecule has 0 saturated carbocycles. The third kappa shape index (κ3) is 3.10. The first-order chi connectivity index (χ1) is 10.4. The SMILES string of the molecule is CS(=O)(=O)N1CCc2cc(C(=O)NCC3CCOC3)ccc21. The van der Waals surface area contributed by atoms with Crippen molar-refractivity contribution in [3.63, 3.8) is 0 Å². The molecule has 2 aliphatic heterocycles. The van der Waals surface area contributed by atoms with E-state index in [1.165, 1.54) is 10.6 Å². The van der Waals surface area contributed by atoms with Gasteiger partial charge in [-0.25, -0.2) is 8.42 Å². The zero-order valence-electron chi connectivity index (χ0n) is 12.5. The lowest BCUT2D eigenvalue weighted by molar-refractivity contribution is 0.0945. The van der Waals surface area contributed by atoms with Crippen LogP contribution in [0.2, 0.25) is 0 Å². The van der Waals surface area contributed by atoms with E-state index in [4.69, 9.17) is 4.74 Å². The van der Waals surface area contributed by atoms with Crippen LogP contribution in [0.1, 0.15) is 22.3 Å². The Morgan fingerprint density at radius 3 is 2.95 bits per heavy atom. The second-order valence-corrected chi connectivity index (χ2v) is 7.78. The van der Waals surface area contributed by atoms with Gasteiger partial charge in [-0.05, 0) is 36.6 Å². The number of fused-ring (bicyclic) bond motifs is 1. The zero-order valence-corrected chi connectivity index (χ0v) is 13.4. The Morgan fingerprint density at radius 2 is 2.27 bits per heavy atom. The number of nitrogens with zero attached hydrogens (tertiary/aromatic N) is 1. The van der Waals surface area contributed by atoms with E-state index < -0.39 is 10.0 Å². The molecule has 2 heterocycles. The van der Waals surface area contributed by atoms with Crippen molar-refractivity contribution in [2.75, 3.05) is 36.9 Å². The maximum Gasteiger partial charge on any atom is 0.251 e. The molecule has 0 radical (unpaired) electrons. The minimum atomic E-state index is -3.25. The quantitative estimate of drug-likeness (QED) is 0.888. The molecule has 0 aliphatic carbocycles. The zero-order chi connectivity index (χ0) is 15.7. The number of anilines is 1. The molecule has 1 aromatic carbocycles. The molecule has 1 atom stereocenters. The van der Waals surface area contributed by atoms with Crippen LogP contribution in [0.4, 0.5) is 5.69 Å². The number of amides is 1. The van der Waals surface area contributed by atoms with E-state index in [9.17, 15) is 13.2 Å². The predicted octanol–water partition coefficient (Wildman–Crippen LogP) is 0.775. The number of nitrogens with one attached hydrogen (secondary N) is 1. The molecular weight excluding hydrogens is 304 g/mol. The molecule has 0 bridgehead atoms. The second kappa shape index (κ2) is 5.89. The van der Waals surface area contributed by atoms with Crippen molar-refractivity contribution in [2.24, 2.45) is 5.92 Å². The van der Waals surface area contributed by atoms with Gasteiger partial charge in [-0.3, -0.25) is 9.10 Å². The van der Waals surface area contributed by atoms with Gasteiger partial charge in [0.1, 0.15) is 0 Å². The van der Waals surface area contributed by atoms with Gasteiger partial charge in [0.05, 0.1) is 18.6 Å². The summed E-state index contributed by atoms with van der Waals surface area (Å²) in [7, 11) is -3.25. The molecule has 1 saturated heterocycles. The van der Waals surface area contributed by atoms with Crippen molar-refractivity contribution in [1.82, 2.24) is 5.32 Å². The van der Waals surface area contributed by atoms with Crippen LogP contribution < -0.4 is 9.62 Å². The molecule has 1 fully saturated rings. The van der Waals surface area contributed by atoms with Gasteiger partial charge in [0, 0.05) is 31.2 Å². The van der Waals surface area contributed by atoms with E-state index in [1.807, 2.05) is 0 Å². The minimum Gasteiger partial charge on any atom is -0.381 e. The van der Waals surface area contributed by atoms with E-state index in [-0.39, 0.29) is 5.91 Å². The van der Waals surface area contributed by atoms with E-state index in [0.717, 1.165) is 18.6 Å². The second-order valence-electron chi connectivity index (χ2n) is 5.87. The van der Waals surface area contributed by atoms with Crippen LogP contribution in [-0.2, 0) is 21.2 Å². The molecule has 1 unspecified atom stereocenters. The van der Waals surface area contributed by atoms with Gasteiger partial charge in [-0.2, -0.15) is 0 Å². The van der Waals surface area contributed by atoms with Crippen LogP contribution >= 0.6 is 0 Å². The summed E-state index contributed by atoms with van der Waals surface area (Å²) in [5, 5.41) is 2.92. The lowest BCUT2D eigenvalue weighted by Crippen LogP contribution is -2.29. The van der Waals surface area contributed by atoms with Crippen molar-refractivity contribution in [3.05, 3.63) is 29.3 Å². The third-order valence-corrected chi connectivity index (χ3v) is 5.35. The molecular formula is C15H20N2O4S. The number of carbonyl (C=O) groups excluding carboxylic acids is 1. The van der Waals surface area contributed by atoms with Crippen LogP contribution in [0.15, 0.2) is 18.2 Å². The number of sulfonamides is 1. The highest BCUT2D eigenvalue weighted by Crippen LogP contribution is 2.30. The first-order valence-electron chi connectivity index (χ1n) is 7.42. The first-order valence-corrected chi connectivity index (χ1v) is 9.26. The average Bonchev–Trinajstić information content (AvgIpc) is 3.12. The van der Waals surface area contributed by atoms with Gasteiger partial charge >= 0.3 is 0 Å². The van der Waals surface area contributed by atoms with Crippen LogP contribution in [0.25, 0.3) is 0 Å². The molecule has 120 valence electrons. The minimum absolute atomic E-state index is 0.118. The molecule has 7 heteroatoms. The molecule has 22 heavy (non-hydrogen) atoms. The Labute approximate surface area is 130 Å². The first kappa shape index (κ1) is 15.3. The van der Waals surface area contributed by atoms with Gasteiger partial charge in [-0.1, -0.05) is 0 Å². The van der Waals surface area contributed by atoms with E-state index in [2.05, 4.69) is 5.32 Å². The molecule has 0 aromatic heterocycles. The maximum absolute atomic E-state index is 12.2. The number of benzene rings is 1. The van der Waals surface area contributed by atoms with Crippen molar-refractivity contribution in [2.45, 2.75) is 12.8 Å². The fraction of sp³-hybridized carbons (Fsp3) is 0.533. The molecule has 6 nitrogen and oxygen atoms in total. The highest BCUT2D eigenvalue weighted by Gasteiger charge is 2.26. The normalized spacial score (nSPS) is 21.0.